The summed E-state index contributed by atoms with van der Waals surface area (Å²) in [6, 6.07) is 10.3. The predicted octanol–water partition coefficient (Wildman–Crippen LogP) is 4.14. The first-order valence-electron chi connectivity index (χ1n) is 10.2. The molecule has 28 heavy (non-hydrogen) atoms. The van der Waals surface area contributed by atoms with Crippen LogP contribution in [-0.2, 0) is 6.42 Å². The molecule has 0 unspecified atom stereocenters. The monoisotopic (exact) mass is 381 g/mol. The number of hydrogen-bond donors (Lipinski definition) is 0. The van der Waals surface area contributed by atoms with Crippen molar-refractivity contribution < 1.29 is 9.47 Å². The third-order valence-electron chi connectivity index (χ3n) is 5.41. The predicted molar refractivity (Wildman–Crippen MR) is 107 cm³/mol. The zero-order valence-electron chi connectivity index (χ0n) is 16.4. The highest BCUT2D eigenvalue weighted by molar-refractivity contribution is 5.85. The van der Waals surface area contributed by atoms with Gasteiger partial charge in [-0.3, -0.25) is 0 Å². The second-order valence-corrected chi connectivity index (χ2v) is 7.31. The normalized spacial score (nSPS) is 15.0. The summed E-state index contributed by atoms with van der Waals surface area (Å²) in [5.41, 5.74) is 0.878. The van der Waals surface area contributed by atoms with Crippen LogP contribution in [0.2, 0.25) is 0 Å². The van der Waals surface area contributed by atoms with E-state index in [1.807, 2.05) is 30.3 Å². The lowest BCUT2D eigenvalue weighted by molar-refractivity contribution is 0.303. The molecule has 0 bridgehead atoms. The summed E-state index contributed by atoms with van der Waals surface area (Å²) in [5, 5.41) is 13.4. The van der Waals surface area contributed by atoms with Crippen molar-refractivity contribution >= 4 is 10.9 Å². The highest BCUT2D eigenvalue weighted by Gasteiger charge is 2.19. The van der Waals surface area contributed by atoms with Gasteiger partial charge >= 0.3 is 0 Å². The lowest BCUT2D eigenvalue weighted by Gasteiger charge is -2.22. The maximum absolute atomic E-state index is 6.02. The van der Waals surface area contributed by atoms with E-state index in [2.05, 4.69) is 25.2 Å². The number of ether oxygens (including phenoxy) is 2. The first-order valence-corrected chi connectivity index (χ1v) is 10.2. The first-order chi connectivity index (χ1) is 13.8. The van der Waals surface area contributed by atoms with Gasteiger partial charge in [-0.2, -0.15) is 0 Å². The van der Waals surface area contributed by atoms with Crippen molar-refractivity contribution in [3.63, 3.8) is 0 Å². The minimum absolute atomic E-state index is 0.482. The standard InChI is InChI=1S/C21H27N5O2/c1-27-21-14-13-17-18(22-21)10-7-11-19(17)28-15-6-5-12-20-23-24-25-26(20)16-8-3-2-4-9-16/h7,10-11,13-14,16H,2-6,8-9,12,15H2,1H3. The van der Waals surface area contributed by atoms with E-state index in [4.69, 9.17) is 9.47 Å². The molecule has 3 aromatic rings. The van der Waals surface area contributed by atoms with Gasteiger partial charge in [-0.1, -0.05) is 25.3 Å². The average Bonchev–Trinajstić information content (AvgIpc) is 3.22. The zero-order valence-corrected chi connectivity index (χ0v) is 16.4. The number of rotatable bonds is 8. The number of unbranched alkanes of at least 4 members (excludes halogenated alkanes) is 1. The minimum Gasteiger partial charge on any atom is -0.493 e. The van der Waals surface area contributed by atoms with E-state index in [9.17, 15) is 0 Å². The number of aromatic nitrogens is 5. The number of tetrazole rings is 1. The molecule has 0 radical (unpaired) electrons. The van der Waals surface area contributed by atoms with Gasteiger partial charge in [0.2, 0.25) is 5.88 Å². The van der Waals surface area contributed by atoms with Gasteiger partial charge in [-0.05, 0) is 54.3 Å². The second-order valence-electron chi connectivity index (χ2n) is 7.31. The molecule has 4 rings (SSSR count). The topological polar surface area (TPSA) is 75.0 Å². The highest BCUT2D eigenvalue weighted by atomic mass is 16.5. The summed E-state index contributed by atoms with van der Waals surface area (Å²) < 4.78 is 13.3. The first kappa shape index (κ1) is 18.7. The number of fused-ring (bicyclic) bond motifs is 1. The smallest absolute Gasteiger partial charge is 0.213 e. The van der Waals surface area contributed by atoms with E-state index < -0.39 is 0 Å². The molecular formula is C21H27N5O2. The number of nitrogens with zero attached hydrogens (tertiary/aromatic N) is 5. The Bertz CT molecular complexity index is 905. The summed E-state index contributed by atoms with van der Waals surface area (Å²) in [7, 11) is 1.62. The van der Waals surface area contributed by atoms with Gasteiger partial charge in [0.15, 0.2) is 5.82 Å². The summed E-state index contributed by atoms with van der Waals surface area (Å²) in [6.45, 7) is 0.663. The summed E-state index contributed by atoms with van der Waals surface area (Å²) >= 11 is 0. The molecule has 7 heteroatoms. The van der Waals surface area contributed by atoms with Crippen molar-refractivity contribution in [3.8, 4) is 11.6 Å². The molecule has 0 spiro atoms. The van der Waals surface area contributed by atoms with Crippen LogP contribution in [-0.4, -0.2) is 38.9 Å². The molecule has 0 aliphatic heterocycles. The van der Waals surface area contributed by atoms with E-state index in [0.717, 1.165) is 41.7 Å². The van der Waals surface area contributed by atoms with Crippen LogP contribution >= 0.6 is 0 Å². The second kappa shape index (κ2) is 8.99. The molecule has 1 aliphatic carbocycles. The summed E-state index contributed by atoms with van der Waals surface area (Å²) in [6.07, 6.45) is 9.14. The Morgan fingerprint density at radius 1 is 1.07 bits per heavy atom. The van der Waals surface area contributed by atoms with Crippen LogP contribution in [0.4, 0.5) is 0 Å². The third-order valence-corrected chi connectivity index (χ3v) is 5.41. The van der Waals surface area contributed by atoms with Gasteiger partial charge in [-0.15, -0.1) is 5.10 Å². The molecule has 2 aromatic heterocycles. The van der Waals surface area contributed by atoms with E-state index >= 15 is 0 Å². The molecule has 148 valence electrons. The van der Waals surface area contributed by atoms with Crippen LogP contribution in [0.3, 0.4) is 0 Å². The Morgan fingerprint density at radius 2 is 1.96 bits per heavy atom. The minimum atomic E-state index is 0.482. The van der Waals surface area contributed by atoms with Gasteiger partial charge in [0.05, 0.1) is 25.3 Å². The van der Waals surface area contributed by atoms with Crippen molar-refractivity contribution in [2.75, 3.05) is 13.7 Å². The Hall–Kier alpha value is -2.70. The van der Waals surface area contributed by atoms with Crippen LogP contribution in [0.5, 0.6) is 11.6 Å². The van der Waals surface area contributed by atoms with Crippen LogP contribution in [0.25, 0.3) is 10.9 Å². The van der Waals surface area contributed by atoms with Crippen LogP contribution in [0.15, 0.2) is 30.3 Å². The van der Waals surface area contributed by atoms with Gasteiger partial charge in [0.1, 0.15) is 5.75 Å². The van der Waals surface area contributed by atoms with Crippen LogP contribution in [0.1, 0.15) is 56.8 Å². The maximum atomic E-state index is 6.02. The fraction of sp³-hybridized carbons (Fsp3) is 0.524. The Morgan fingerprint density at radius 3 is 2.82 bits per heavy atom. The van der Waals surface area contributed by atoms with Crippen LogP contribution < -0.4 is 9.47 Å². The Labute approximate surface area is 165 Å². The Kier molecular flexibility index (Phi) is 5.99. The van der Waals surface area contributed by atoms with E-state index in [1.54, 1.807) is 7.11 Å². The fourth-order valence-electron chi connectivity index (χ4n) is 3.90. The third kappa shape index (κ3) is 4.24. The van der Waals surface area contributed by atoms with Crippen molar-refractivity contribution in [2.45, 2.75) is 57.4 Å². The van der Waals surface area contributed by atoms with Crippen molar-refractivity contribution in [1.82, 2.24) is 25.2 Å². The number of methoxy groups -OCH3 is 1. The number of benzene rings is 1. The van der Waals surface area contributed by atoms with Crippen molar-refractivity contribution in [3.05, 3.63) is 36.2 Å². The maximum Gasteiger partial charge on any atom is 0.213 e. The lowest BCUT2D eigenvalue weighted by atomic mass is 9.95. The SMILES string of the molecule is COc1ccc2c(OCCCCc3nnnn3C3CCCCC3)cccc2n1. The Balaban J connectivity index is 1.29. The number of pyridine rings is 1. The van der Waals surface area contributed by atoms with E-state index in [0.29, 0.717) is 18.5 Å². The van der Waals surface area contributed by atoms with Crippen LogP contribution in [0, 0.1) is 0 Å². The van der Waals surface area contributed by atoms with Crippen molar-refractivity contribution in [2.24, 2.45) is 0 Å². The molecule has 1 fully saturated rings. The van der Waals surface area contributed by atoms with Gasteiger partial charge < -0.3 is 9.47 Å². The summed E-state index contributed by atoms with van der Waals surface area (Å²) in [4.78, 5) is 4.46. The zero-order chi connectivity index (χ0) is 19.2. The fourth-order valence-corrected chi connectivity index (χ4v) is 3.90. The molecular weight excluding hydrogens is 354 g/mol. The lowest BCUT2D eigenvalue weighted by Crippen LogP contribution is -2.17. The van der Waals surface area contributed by atoms with Crippen molar-refractivity contribution in [1.29, 1.82) is 0 Å². The molecule has 0 N–H and O–H groups in total. The van der Waals surface area contributed by atoms with Gasteiger partial charge in [0.25, 0.3) is 0 Å². The van der Waals surface area contributed by atoms with E-state index in [1.165, 1.54) is 32.1 Å². The van der Waals surface area contributed by atoms with Gasteiger partial charge in [-0.25, -0.2) is 9.67 Å². The summed E-state index contributed by atoms with van der Waals surface area (Å²) in [5.74, 6) is 2.48. The largest absolute Gasteiger partial charge is 0.493 e. The molecule has 1 aromatic carbocycles. The highest BCUT2D eigenvalue weighted by Crippen LogP contribution is 2.28. The molecule has 7 nitrogen and oxygen atoms in total. The average molecular weight is 381 g/mol. The molecule has 2 heterocycles. The molecule has 0 atom stereocenters. The molecule has 1 aliphatic rings. The molecule has 0 amide bonds. The number of hydrogen-bond acceptors (Lipinski definition) is 6. The number of aryl methyl sites for hydroxylation is 1. The molecule has 0 saturated heterocycles. The molecule has 1 saturated carbocycles. The van der Waals surface area contributed by atoms with Gasteiger partial charge in [0, 0.05) is 17.9 Å². The quantitative estimate of drug-likeness (QED) is 0.546. The van der Waals surface area contributed by atoms with E-state index in [-0.39, 0.29) is 0 Å².